The maximum absolute atomic E-state index is 13.2. The highest BCUT2D eigenvalue weighted by atomic mass is 127. The summed E-state index contributed by atoms with van der Waals surface area (Å²) >= 11 is 0. The number of hydrogen-bond donors (Lipinski definition) is 2. The van der Waals surface area contributed by atoms with Crippen molar-refractivity contribution in [1.29, 1.82) is 0 Å². The van der Waals surface area contributed by atoms with E-state index < -0.39 is 0 Å². The molecule has 3 rings (SSSR count). The van der Waals surface area contributed by atoms with Crippen molar-refractivity contribution >= 4 is 29.9 Å². The maximum atomic E-state index is 13.2. The van der Waals surface area contributed by atoms with E-state index >= 15 is 0 Å². The molecule has 0 unspecified atom stereocenters. The fourth-order valence-corrected chi connectivity index (χ4v) is 2.77. The van der Waals surface area contributed by atoms with Crippen LogP contribution in [0.15, 0.2) is 60.2 Å². The van der Waals surface area contributed by atoms with Gasteiger partial charge in [-0.3, -0.25) is 9.56 Å². The predicted octanol–water partition coefficient (Wildman–Crippen LogP) is 3.24. The first-order valence-corrected chi connectivity index (χ1v) is 8.78. The van der Waals surface area contributed by atoms with E-state index in [1.54, 1.807) is 31.8 Å². The third-order valence-electron chi connectivity index (χ3n) is 4.25. The quantitative estimate of drug-likeness (QED) is 0.314. The van der Waals surface area contributed by atoms with E-state index in [-0.39, 0.29) is 29.8 Å². The summed E-state index contributed by atoms with van der Waals surface area (Å²) in [5.74, 6) is 1.34. The minimum Gasteiger partial charge on any atom is -0.356 e. The first kappa shape index (κ1) is 21.8. The van der Waals surface area contributed by atoms with Gasteiger partial charge in [-0.05, 0) is 54.3 Å². The molecule has 148 valence electrons. The third-order valence-corrected chi connectivity index (χ3v) is 4.25. The van der Waals surface area contributed by atoms with Gasteiger partial charge in [0.15, 0.2) is 5.96 Å². The molecule has 0 fully saturated rings. The molecule has 0 atom stereocenters. The molecule has 0 saturated heterocycles. The normalized spacial score (nSPS) is 11.0. The molecule has 0 aliphatic carbocycles. The van der Waals surface area contributed by atoms with E-state index in [0.717, 1.165) is 34.9 Å². The summed E-state index contributed by atoms with van der Waals surface area (Å²) in [7, 11) is 1.74. The SMILES string of the molecule is CN=C(NCCc1ccc(F)cc1C)NCc1ccnc(-n2ccnc2)c1.I. The van der Waals surface area contributed by atoms with Gasteiger partial charge >= 0.3 is 0 Å². The highest BCUT2D eigenvalue weighted by Crippen LogP contribution is 2.10. The van der Waals surface area contributed by atoms with Crippen molar-refractivity contribution in [2.75, 3.05) is 13.6 Å². The number of aliphatic imine (C=N–C) groups is 1. The van der Waals surface area contributed by atoms with Crippen LogP contribution in [0.25, 0.3) is 5.82 Å². The van der Waals surface area contributed by atoms with Crippen molar-refractivity contribution in [2.45, 2.75) is 19.9 Å². The number of rotatable bonds is 6. The van der Waals surface area contributed by atoms with Gasteiger partial charge in [0, 0.05) is 38.7 Å². The molecule has 0 saturated carbocycles. The second kappa shape index (κ2) is 10.7. The van der Waals surface area contributed by atoms with E-state index in [0.29, 0.717) is 13.1 Å². The van der Waals surface area contributed by atoms with Crippen LogP contribution >= 0.6 is 24.0 Å². The molecule has 0 radical (unpaired) electrons. The number of pyridine rings is 1. The van der Waals surface area contributed by atoms with Crippen LogP contribution in [0.1, 0.15) is 16.7 Å². The number of nitrogens with zero attached hydrogens (tertiary/aromatic N) is 4. The van der Waals surface area contributed by atoms with Gasteiger partial charge in [0.25, 0.3) is 0 Å². The number of aromatic nitrogens is 3. The highest BCUT2D eigenvalue weighted by Gasteiger charge is 2.03. The first-order chi connectivity index (χ1) is 13.2. The minimum absolute atomic E-state index is 0. The fourth-order valence-electron chi connectivity index (χ4n) is 2.77. The Morgan fingerprint density at radius 2 is 2.04 bits per heavy atom. The molecule has 6 nitrogen and oxygen atoms in total. The topological polar surface area (TPSA) is 67.1 Å². The summed E-state index contributed by atoms with van der Waals surface area (Å²) in [6, 6.07) is 8.85. The van der Waals surface area contributed by atoms with E-state index in [1.807, 2.05) is 35.9 Å². The molecular formula is C20H24FIN6. The molecule has 8 heteroatoms. The summed E-state index contributed by atoms with van der Waals surface area (Å²) in [6.07, 6.45) is 7.88. The van der Waals surface area contributed by atoms with E-state index in [1.165, 1.54) is 6.07 Å². The van der Waals surface area contributed by atoms with Crippen LogP contribution in [0.4, 0.5) is 4.39 Å². The average molecular weight is 494 g/mol. The molecule has 0 bridgehead atoms. The Bertz CT molecular complexity index is 911. The lowest BCUT2D eigenvalue weighted by molar-refractivity contribution is 0.625. The van der Waals surface area contributed by atoms with Gasteiger partial charge in [-0.2, -0.15) is 0 Å². The lowest BCUT2D eigenvalue weighted by Crippen LogP contribution is -2.37. The third kappa shape index (κ3) is 6.01. The van der Waals surface area contributed by atoms with Crippen molar-refractivity contribution < 1.29 is 4.39 Å². The van der Waals surface area contributed by atoms with Crippen LogP contribution < -0.4 is 10.6 Å². The van der Waals surface area contributed by atoms with Gasteiger partial charge in [0.1, 0.15) is 18.0 Å². The predicted molar refractivity (Wildman–Crippen MR) is 120 cm³/mol. The molecule has 0 aliphatic rings. The number of nitrogens with one attached hydrogen (secondary N) is 2. The zero-order valence-corrected chi connectivity index (χ0v) is 18.2. The monoisotopic (exact) mass is 494 g/mol. The Balaban J connectivity index is 0.00000280. The highest BCUT2D eigenvalue weighted by molar-refractivity contribution is 14.0. The van der Waals surface area contributed by atoms with Crippen LogP contribution in [0.2, 0.25) is 0 Å². The molecule has 0 amide bonds. The average Bonchev–Trinajstić information content (AvgIpc) is 3.21. The number of aryl methyl sites for hydroxylation is 1. The summed E-state index contributed by atoms with van der Waals surface area (Å²) in [5, 5.41) is 6.58. The van der Waals surface area contributed by atoms with Gasteiger partial charge in [-0.15, -0.1) is 24.0 Å². The number of guanidine groups is 1. The van der Waals surface area contributed by atoms with Crippen LogP contribution in [0.5, 0.6) is 0 Å². The molecule has 0 spiro atoms. The van der Waals surface area contributed by atoms with Crippen LogP contribution in [-0.2, 0) is 13.0 Å². The second-order valence-electron chi connectivity index (χ2n) is 6.17. The molecule has 2 N–H and O–H groups in total. The van der Waals surface area contributed by atoms with E-state index in [9.17, 15) is 4.39 Å². The second-order valence-corrected chi connectivity index (χ2v) is 6.17. The van der Waals surface area contributed by atoms with Crippen LogP contribution in [0, 0.1) is 12.7 Å². The van der Waals surface area contributed by atoms with Crippen molar-refractivity contribution in [3.8, 4) is 5.82 Å². The van der Waals surface area contributed by atoms with Gasteiger partial charge in [0.2, 0.25) is 0 Å². The largest absolute Gasteiger partial charge is 0.356 e. The Kier molecular flexibility index (Phi) is 8.37. The Labute approximate surface area is 181 Å². The number of halogens is 2. The molecule has 28 heavy (non-hydrogen) atoms. The number of imidazole rings is 1. The lowest BCUT2D eigenvalue weighted by Gasteiger charge is -2.13. The van der Waals surface area contributed by atoms with E-state index in [2.05, 4.69) is 25.6 Å². The lowest BCUT2D eigenvalue weighted by atomic mass is 10.1. The Morgan fingerprint density at radius 1 is 1.18 bits per heavy atom. The van der Waals surface area contributed by atoms with Crippen molar-refractivity contribution in [3.05, 3.63) is 77.8 Å². The van der Waals surface area contributed by atoms with E-state index in [4.69, 9.17) is 0 Å². The summed E-state index contributed by atoms with van der Waals surface area (Å²) in [6.45, 7) is 3.26. The van der Waals surface area contributed by atoms with Gasteiger partial charge in [-0.25, -0.2) is 14.4 Å². The van der Waals surface area contributed by atoms with Crippen molar-refractivity contribution in [3.63, 3.8) is 0 Å². The Hall–Kier alpha value is -2.49. The van der Waals surface area contributed by atoms with Crippen LogP contribution in [-0.4, -0.2) is 34.1 Å². The van der Waals surface area contributed by atoms with Gasteiger partial charge in [-0.1, -0.05) is 6.07 Å². The molecule has 1 aromatic carbocycles. The molecular weight excluding hydrogens is 470 g/mol. The number of benzene rings is 1. The van der Waals surface area contributed by atoms with Crippen LogP contribution in [0.3, 0.4) is 0 Å². The standard InChI is InChI=1S/C20H23FN6.HI/c1-15-11-18(21)4-3-17(15)6-8-25-20(22-2)26-13-16-5-7-24-19(12-16)27-10-9-23-14-27;/h3-5,7,9-12,14H,6,8,13H2,1-2H3,(H2,22,25,26);1H. The molecule has 2 heterocycles. The zero-order valence-electron chi connectivity index (χ0n) is 15.9. The Morgan fingerprint density at radius 3 is 2.75 bits per heavy atom. The first-order valence-electron chi connectivity index (χ1n) is 8.78. The fraction of sp³-hybridized carbons (Fsp3) is 0.250. The minimum atomic E-state index is -0.200. The van der Waals surface area contributed by atoms with Crippen molar-refractivity contribution in [1.82, 2.24) is 25.2 Å². The zero-order chi connectivity index (χ0) is 19.1. The van der Waals surface area contributed by atoms with Crippen molar-refractivity contribution in [2.24, 2.45) is 4.99 Å². The number of hydrogen-bond acceptors (Lipinski definition) is 3. The summed E-state index contributed by atoms with van der Waals surface area (Å²) in [5.41, 5.74) is 3.17. The summed E-state index contributed by atoms with van der Waals surface area (Å²) < 4.78 is 15.0. The smallest absolute Gasteiger partial charge is 0.191 e. The molecule has 3 aromatic rings. The molecule has 0 aliphatic heterocycles. The summed E-state index contributed by atoms with van der Waals surface area (Å²) in [4.78, 5) is 12.6. The van der Waals surface area contributed by atoms with Gasteiger partial charge in [0.05, 0.1) is 0 Å². The van der Waals surface area contributed by atoms with Gasteiger partial charge < -0.3 is 10.6 Å². The molecule has 2 aromatic heterocycles. The maximum Gasteiger partial charge on any atom is 0.191 e.